The first-order chi connectivity index (χ1) is 8.65. The van der Waals surface area contributed by atoms with Crippen molar-refractivity contribution >= 4 is 0 Å². The maximum atomic E-state index is 5.45. The molecule has 0 amide bonds. The summed E-state index contributed by atoms with van der Waals surface area (Å²) in [5.74, 6) is 2.02. The molecule has 0 aromatic carbocycles. The van der Waals surface area contributed by atoms with Gasteiger partial charge in [-0.25, -0.2) is 0 Å². The Hall–Kier alpha value is -0.120. The van der Waals surface area contributed by atoms with Gasteiger partial charge in [-0.1, -0.05) is 6.42 Å². The van der Waals surface area contributed by atoms with Crippen LogP contribution in [-0.2, 0) is 4.74 Å². The van der Waals surface area contributed by atoms with Gasteiger partial charge in [0, 0.05) is 31.2 Å². The lowest BCUT2D eigenvalue weighted by molar-refractivity contribution is -0.0108. The largest absolute Gasteiger partial charge is 0.379 e. The van der Waals surface area contributed by atoms with E-state index in [0.29, 0.717) is 0 Å². The number of nitrogens with zero attached hydrogens (tertiary/aromatic N) is 1. The third kappa shape index (κ3) is 2.59. The maximum absolute atomic E-state index is 5.45. The second-order valence-corrected chi connectivity index (χ2v) is 7.07. The number of ether oxygens (including phenoxy) is 1. The van der Waals surface area contributed by atoms with Crippen molar-refractivity contribution in [1.82, 2.24) is 10.2 Å². The molecular weight excluding hydrogens is 224 g/mol. The average Bonchev–Trinajstić information content (AvgIpc) is 3.00. The van der Waals surface area contributed by atoms with Crippen molar-refractivity contribution in [2.45, 2.75) is 51.1 Å². The fraction of sp³-hybridized carbons (Fsp3) is 1.00. The van der Waals surface area contributed by atoms with Crippen molar-refractivity contribution in [3.05, 3.63) is 0 Å². The number of morpholine rings is 1. The topological polar surface area (TPSA) is 24.5 Å². The standard InChI is InChI=1S/C15H28N2O/c1-15(2,17-5-7-18-8-6-17)11-16-14-10-12-3-4-13(14)9-12/h12-14,16H,3-11H2,1-2H3. The summed E-state index contributed by atoms with van der Waals surface area (Å²) in [6.07, 6.45) is 5.90. The molecule has 3 heteroatoms. The molecule has 1 N–H and O–H groups in total. The molecule has 1 saturated heterocycles. The molecule has 3 fully saturated rings. The Morgan fingerprint density at radius 2 is 1.94 bits per heavy atom. The van der Waals surface area contributed by atoms with Crippen LogP contribution in [0.25, 0.3) is 0 Å². The lowest BCUT2D eigenvalue weighted by Gasteiger charge is -2.42. The van der Waals surface area contributed by atoms with E-state index in [0.717, 1.165) is 50.7 Å². The highest BCUT2D eigenvalue weighted by Crippen LogP contribution is 2.44. The van der Waals surface area contributed by atoms with Gasteiger partial charge in [0.05, 0.1) is 13.2 Å². The van der Waals surface area contributed by atoms with Gasteiger partial charge in [-0.05, 0) is 44.9 Å². The fourth-order valence-corrected chi connectivity index (χ4v) is 4.16. The Kier molecular flexibility index (Phi) is 3.65. The zero-order chi connectivity index (χ0) is 12.6. The molecule has 104 valence electrons. The van der Waals surface area contributed by atoms with Crippen LogP contribution in [0.5, 0.6) is 0 Å². The predicted molar refractivity (Wildman–Crippen MR) is 73.7 cm³/mol. The minimum absolute atomic E-state index is 0.269. The molecule has 3 unspecified atom stereocenters. The summed E-state index contributed by atoms with van der Waals surface area (Å²) in [7, 11) is 0. The third-order valence-corrected chi connectivity index (χ3v) is 5.40. The van der Waals surface area contributed by atoms with E-state index in [4.69, 9.17) is 4.74 Å². The normalized spacial score (nSPS) is 37.3. The Morgan fingerprint density at radius 1 is 1.17 bits per heavy atom. The highest BCUT2D eigenvalue weighted by molar-refractivity contribution is 4.96. The zero-order valence-electron chi connectivity index (χ0n) is 12.0. The van der Waals surface area contributed by atoms with Gasteiger partial charge in [-0.2, -0.15) is 0 Å². The van der Waals surface area contributed by atoms with Gasteiger partial charge in [0.1, 0.15) is 0 Å². The monoisotopic (exact) mass is 252 g/mol. The third-order valence-electron chi connectivity index (χ3n) is 5.40. The summed E-state index contributed by atoms with van der Waals surface area (Å²) in [4.78, 5) is 2.58. The smallest absolute Gasteiger partial charge is 0.0594 e. The average molecular weight is 252 g/mol. The van der Waals surface area contributed by atoms with Gasteiger partial charge in [0.25, 0.3) is 0 Å². The lowest BCUT2D eigenvalue weighted by atomic mass is 9.94. The Morgan fingerprint density at radius 3 is 2.56 bits per heavy atom. The fourth-order valence-electron chi connectivity index (χ4n) is 4.16. The van der Waals surface area contributed by atoms with Crippen LogP contribution in [0, 0.1) is 11.8 Å². The van der Waals surface area contributed by atoms with E-state index >= 15 is 0 Å². The van der Waals surface area contributed by atoms with E-state index in [9.17, 15) is 0 Å². The van der Waals surface area contributed by atoms with Gasteiger partial charge in [0.2, 0.25) is 0 Å². The van der Waals surface area contributed by atoms with Gasteiger partial charge in [-0.15, -0.1) is 0 Å². The van der Waals surface area contributed by atoms with E-state index in [1.54, 1.807) is 0 Å². The van der Waals surface area contributed by atoms with E-state index in [-0.39, 0.29) is 5.54 Å². The second-order valence-electron chi connectivity index (χ2n) is 7.07. The predicted octanol–water partition coefficient (Wildman–Crippen LogP) is 1.88. The molecular formula is C15H28N2O. The van der Waals surface area contributed by atoms with Gasteiger partial charge in [-0.3, -0.25) is 4.90 Å². The first-order valence-electron chi connectivity index (χ1n) is 7.71. The van der Waals surface area contributed by atoms with Crippen molar-refractivity contribution in [3.63, 3.8) is 0 Å². The van der Waals surface area contributed by atoms with Crippen LogP contribution in [0.15, 0.2) is 0 Å². The highest BCUT2D eigenvalue weighted by Gasteiger charge is 2.40. The van der Waals surface area contributed by atoms with E-state index in [2.05, 4.69) is 24.1 Å². The zero-order valence-corrected chi connectivity index (χ0v) is 12.0. The van der Waals surface area contributed by atoms with Crippen LogP contribution < -0.4 is 5.32 Å². The summed E-state index contributed by atoms with van der Waals surface area (Å²) >= 11 is 0. The lowest BCUT2D eigenvalue weighted by Crippen LogP contribution is -2.56. The van der Waals surface area contributed by atoms with Crippen LogP contribution in [0.1, 0.15) is 39.5 Å². The first-order valence-corrected chi connectivity index (χ1v) is 7.71. The van der Waals surface area contributed by atoms with Crippen LogP contribution in [0.2, 0.25) is 0 Å². The summed E-state index contributed by atoms with van der Waals surface area (Å²) in [5, 5.41) is 3.87. The number of hydrogen-bond donors (Lipinski definition) is 1. The van der Waals surface area contributed by atoms with Crippen molar-refractivity contribution < 1.29 is 4.74 Å². The highest BCUT2D eigenvalue weighted by atomic mass is 16.5. The molecule has 0 spiro atoms. The molecule has 2 saturated carbocycles. The van der Waals surface area contributed by atoms with E-state index < -0.39 is 0 Å². The first kappa shape index (κ1) is 12.9. The molecule has 0 aromatic rings. The van der Waals surface area contributed by atoms with E-state index in [1.807, 2.05) is 0 Å². The number of fused-ring (bicyclic) bond motifs is 2. The summed E-state index contributed by atoms with van der Waals surface area (Å²) in [6.45, 7) is 9.85. The minimum atomic E-state index is 0.269. The van der Waals surface area contributed by atoms with Crippen molar-refractivity contribution in [2.75, 3.05) is 32.8 Å². The molecule has 18 heavy (non-hydrogen) atoms. The Balaban J connectivity index is 1.49. The van der Waals surface area contributed by atoms with Crippen molar-refractivity contribution in [2.24, 2.45) is 11.8 Å². The molecule has 3 rings (SSSR count). The van der Waals surface area contributed by atoms with Gasteiger partial charge >= 0.3 is 0 Å². The van der Waals surface area contributed by atoms with Crippen LogP contribution in [0.4, 0.5) is 0 Å². The Bertz CT molecular complexity index is 286. The van der Waals surface area contributed by atoms with Gasteiger partial charge < -0.3 is 10.1 Å². The number of rotatable bonds is 4. The van der Waals surface area contributed by atoms with E-state index in [1.165, 1.54) is 25.7 Å². The minimum Gasteiger partial charge on any atom is -0.379 e. The number of nitrogens with one attached hydrogen (secondary N) is 1. The molecule has 1 heterocycles. The van der Waals surface area contributed by atoms with Gasteiger partial charge in [0.15, 0.2) is 0 Å². The molecule has 3 aliphatic rings. The molecule has 0 aromatic heterocycles. The number of hydrogen-bond acceptors (Lipinski definition) is 3. The summed E-state index contributed by atoms with van der Waals surface area (Å²) < 4.78 is 5.45. The molecule has 3 nitrogen and oxygen atoms in total. The molecule has 2 bridgehead atoms. The summed E-state index contributed by atoms with van der Waals surface area (Å²) in [6, 6.07) is 0.809. The summed E-state index contributed by atoms with van der Waals surface area (Å²) in [5.41, 5.74) is 0.269. The second kappa shape index (κ2) is 5.10. The molecule has 0 radical (unpaired) electrons. The van der Waals surface area contributed by atoms with Crippen LogP contribution in [0.3, 0.4) is 0 Å². The molecule has 3 atom stereocenters. The van der Waals surface area contributed by atoms with Crippen LogP contribution in [-0.4, -0.2) is 49.3 Å². The Labute approximate surface area is 111 Å². The molecule has 1 aliphatic heterocycles. The van der Waals surface area contributed by atoms with Crippen molar-refractivity contribution in [1.29, 1.82) is 0 Å². The van der Waals surface area contributed by atoms with Crippen LogP contribution >= 0.6 is 0 Å². The quantitative estimate of drug-likeness (QED) is 0.827. The molecule has 2 aliphatic carbocycles. The maximum Gasteiger partial charge on any atom is 0.0594 e. The SMILES string of the molecule is CC(C)(CNC1CC2CCC1C2)N1CCOCC1. The van der Waals surface area contributed by atoms with Crippen molar-refractivity contribution in [3.8, 4) is 0 Å².